The van der Waals surface area contributed by atoms with Crippen molar-refractivity contribution < 1.29 is 13.2 Å². The molecule has 1 aliphatic heterocycles. The summed E-state index contributed by atoms with van der Waals surface area (Å²) in [5.41, 5.74) is 0.502. The minimum absolute atomic E-state index is 0.0200. The number of fused-ring (bicyclic) bond motifs is 1. The van der Waals surface area contributed by atoms with Gasteiger partial charge in [0.1, 0.15) is 0 Å². The number of rotatable bonds is 6. The topological polar surface area (TPSA) is 89.3 Å². The number of benzene rings is 1. The number of sulfone groups is 1. The maximum absolute atomic E-state index is 12.9. The largest absolute Gasteiger partial charge is 0.341 e. The van der Waals surface area contributed by atoms with Crippen LogP contribution < -0.4 is 5.56 Å². The van der Waals surface area contributed by atoms with E-state index in [2.05, 4.69) is 4.98 Å². The maximum atomic E-state index is 12.9. The molecule has 0 bridgehead atoms. The van der Waals surface area contributed by atoms with Gasteiger partial charge in [-0.2, -0.15) is 0 Å². The zero-order valence-electron chi connectivity index (χ0n) is 16.3. The Morgan fingerprint density at radius 1 is 1.36 bits per heavy atom. The molecule has 0 aliphatic carbocycles. The lowest BCUT2D eigenvalue weighted by molar-refractivity contribution is -0.128. The van der Waals surface area contributed by atoms with E-state index >= 15 is 0 Å². The molecule has 28 heavy (non-hydrogen) atoms. The van der Waals surface area contributed by atoms with Crippen LogP contribution in [0.2, 0.25) is 0 Å². The maximum Gasteiger partial charge on any atom is 0.262 e. The zero-order valence-corrected chi connectivity index (χ0v) is 17.9. The van der Waals surface area contributed by atoms with Crippen molar-refractivity contribution in [2.75, 3.05) is 24.3 Å². The van der Waals surface area contributed by atoms with Gasteiger partial charge in [0.15, 0.2) is 15.0 Å². The summed E-state index contributed by atoms with van der Waals surface area (Å²) in [6.07, 6.45) is 0.474. The summed E-state index contributed by atoms with van der Waals surface area (Å²) in [6.45, 7) is 4.56. The normalized spacial score (nSPS) is 18.6. The molecule has 9 heteroatoms. The first-order valence-electron chi connectivity index (χ1n) is 9.26. The lowest BCUT2D eigenvalue weighted by Gasteiger charge is -2.23. The second-order valence-electron chi connectivity index (χ2n) is 7.57. The summed E-state index contributed by atoms with van der Waals surface area (Å²) < 4.78 is 25.0. The summed E-state index contributed by atoms with van der Waals surface area (Å²) in [7, 11) is -1.41. The van der Waals surface area contributed by atoms with Gasteiger partial charge >= 0.3 is 0 Å². The molecule has 7 nitrogen and oxygen atoms in total. The Kier molecular flexibility index (Phi) is 6.14. The van der Waals surface area contributed by atoms with Gasteiger partial charge in [0, 0.05) is 19.6 Å². The van der Waals surface area contributed by atoms with Gasteiger partial charge in [-0.25, -0.2) is 13.4 Å². The van der Waals surface area contributed by atoms with Gasteiger partial charge in [0.05, 0.1) is 28.2 Å². The molecule has 1 aromatic carbocycles. The Labute approximate surface area is 169 Å². The number of nitrogens with zero attached hydrogens (tertiary/aromatic N) is 3. The van der Waals surface area contributed by atoms with Crippen LogP contribution in [0.25, 0.3) is 10.9 Å². The molecule has 152 valence electrons. The molecule has 1 saturated heterocycles. The number of aromatic nitrogens is 2. The predicted octanol–water partition coefficient (Wildman–Crippen LogP) is 1.79. The highest BCUT2D eigenvalue weighted by Crippen LogP contribution is 2.21. The molecule has 1 aliphatic rings. The van der Waals surface area contributed by atoms with E-state index in [9.17, 15) is 18.0 Å². The van der Waals surface area contributed by atoms with Crippen LogP contribution in [0.3, 0.4) is 0 Å². The van der Waals surface area contributed by atoms with E-state index in [0.717, 1.165) is 0 Å². The van der Waals surface area contributed by atoms with E-state index in [4.69, 9.17) is 0 Å². The first kappa shape index (κ1) is 20.9. The molecule has 1 fully saturated rings. The van der Waals surface area contributed by atoms with Crippen LogP contribution in [0.4, 0.5) is 0 Å². The van der Waals surface area contributed by atoms with Gasteiger partial charge in [-0.05, 0) is 24.5 Å². The van der Waals surface area contributed by atoms with Crippen LogP contribution in [0.15, 0.2) is 34.2 Å². The highest BCUT2D eigenvalue weighted by Gasteiger charge is 2.32. The number of carbonyl (C=O) groups is 1. The molecule has 2 heterocycles. The van der Waals surface area contributed by atoms with Crippen molar-refractivity contribution in [1.29, 1.82) is 0 Å². The third-order valence-electron chi connectivity index (χ3n) is 4.85. The van der Waals surface area contributed by atoms with E-state index in [1.54, 1.807) is 23.7 Å². The summed E-state index contributed by atoms with van der Waals surface area (Å²) in [4.78, 5) is 31.6. The summed E-state index contributed by atoms with van der Waals surface area (Å²) >= 11 is 1.22. The highest BCUT2D eigenvalue weighted by atomic mass is 32.2. The number of amides is 1. The Bertz CT molecular complexity index is 1050. The number of hydrogen-bond donors (Lipinski definition) is 0. The van der Waals surface area contributed by atoms with Gasteiger partial charge in [0.25, 0.3) is 5.56 Å². The smallest absolute Gasteiger partial charge is 0.262 e. The Morgan fingerprint density at radius 2 is 2.07 bits per heavy atom. The van der Waals surface area contributed by atoms with Crippen LogP contribution in [0.1, 0.15) is 20.3 Å². The van der Waals surface area contributed by atoms with Crippen molar-refractivity contribution in [3.63, 3.8) is 0 Å². The van der Waals surface area contributed by atoms with Gasteiger partial charge in [0.2, 0.25) is 5.91 Å². The standard InChI is InChI=1S/C19H25N3O4S2/c1-13(2)10-22-18(24)15-6-4-5-7-16(15)20-19(22)27-11-17(23)21(3)14-8-9-28(25,26)12-14/h4-7,13-14H,8-12H2,1-3H3/t14-/m1/s1. The Hall–Kier alpha value is -1.87. The third kappa shape index (κ3) is 4.57. The number of thioether (sulfide) groups is 1. The molecule has 1 aromatic heterocycles. The van der Waals surface area contributed by atoms with E-state index in [1.807, 2.05) is 26.0 Å². The Morgan fingerprint density at radius 3 is 2.71 bits per heavy atom. The lowest BCUT2D eigenvalue weighted by atomic mass is 10.2. The highest BCUT2D eigenvalue weighted by molar-refractivity contribution is 7.99. The van der Waals surface area contributed by atoms with Crippen LogP contribution >= 0.6 is 11.8 Å². The summed E-state index contributed by atoms with van der Waals surface area (Å²) in [6, 6.07) is 6.91. The number of carbonyl (C=O) groups excluding carboxylic acids is 1. The van der Waals surface area contributed by atoms with Crippen molar-refractivity contribution in [2.45, 2.75) is 38.0 Å². The second-order valence-corrected chi connectivity index (χ2v) is 10.7. The molecule has 1 atom stereocenters. The molecule has 0 spiro atoms. The minimum Gasteiger partial charge on any atom is -0.341 e. The average molecular weight is 424 g/mol. The second kappa shape index (κ2) is 8.24. The fourth-order valence-electron chi connectivity index (χ4n) is 3.30. The summed E-state index contributed by atoms with van der Waals surface area (Å²) in [5.74, 6) is 0.345. The first-order chi connectivity index (χ1) is 13.2. The van der Waals surface area contributed by atoms with Gasteiger partial charge in [-0.15, -0.1) is 0 Å². The van der Waals surface area contributed by atoms with Gasteiger partial charge in [-0.3, -0.25) is 14.2 Å². The SMILES string of the molecule is CC(C)Cn1c(SCC(=O)N(C)[C@@H]2CCS(=O)(=O)C2)nc2ccccc2c1=O. The first-order valence-corrected chi connectivity index (χ1v) is 12.1. The molecule has 3 rings (SSSR count). The fraction of sp³-hybridized carbons (Fsp3) is 0.526. The number of hydrogen-bond acceptors (Lipinski definition) is 6. The third-order valence-corrected chi connectivity index (χ3v) is 7.56. The van der Waals surface area contributed by atoms with Crippen LogP contribution in [0.5, 0.6) is 0 Å². The van der Waals surface area contributed by atoms with Gasteiger partial charge < -0.3 is 4.90 Å². The van der Waals surface area contributed by atoms with Crippen molar-refractivity contribution >= 4 is 38.4 Å². The molecule has 0 saturated carbocycles. The molecule has 2 aromatic rings. The van der Waals surface area contributed by atoms with Crippen LogP contribution in [-0.2, 0) is 21.2 Å². The van der Waals surface area contributed by atoms with Crippen molar-refractivity contribution in [1.82, 2.24) is 14.5 Å². The average Bonchev–Trinajstić information content (AvgIpc) is 3.01. The molecule has 1 amide bonds. The number of para-hydroxylation sites is 1. The lowest BCUT2D eigenvalue weighted by Crippen LogP contribution is -2.39. The van der Waals surface area contributed by atoms with E-state index in [-0.39, 0.29) is 40.7 Å². The van der Waals surface area contributed by atoms with Crippen molar-refractivity contribution in [2.24, 2.45) is 5.92 Å². The zero-order chi connectivity index (χ0) is 20.5. The molecular weight excluding hydrogens is 398 g/mol. The molecule has 0 N–H and O–H groups in total. The van der Waals surface area contributed by atoms with Crippen molar-refractivity contribution in [3.05, 3.63) is 34.6 Å². The molecule has 0 unspecified atom stereocenters. The summed E-state index contributed by atoms with van der Waals surface area (Å²) in [5, 5.41) is 1.07. The molecular formula is C19H25N3O4S2. The van der Waals surface area contributed by atoms with Gasteiger partial charge in [-0.1, -0.05) is 37.7 Å². The monoisotopic (exact) mass is 423 g/mol. The van der Waals surface area contributed by atoms with Crippen LogP contribution in [-0.4, -0.2) is 59.1 Å². The quantitative estimate of drug-likeness (QED) is 0.520. The van der Waals surface area contributed by atoms with E-state index in [0.29, 0.717) is 29.0 Å². The van der Waals surface area contributed by atoms with E-state index in [1.165, 1.54) is 16.7 Å². The molecule has 0 radical (unpaired) electrons. The predicted molar refractivity (Wildman–Crippen MR) is 111 cm³/mol. The van der Waals surface area contributed by atoms with Crippen molar-refractivity contribution in [3.8, 4) is 0 Å². The fourth-order valence-corrected chi connectivity index (χ4v) is 6.00. The minimum atomic E-state index is -3.05. The van der Waals surface area contributed by atoms with E-state index < -0.39 is 9.84 Å². The Balaban J connectivity index is 1.81. The van der Waals surface area contributed by atoms with Crippen LogP contribution in [0, 0.1) is 5.92 Å².